The number of nitrogens with one attached hydrogen (secondary N) is 1. The third-order valence-electron chi connectivity index (χ3n) is 2.91. The van der Waals surface area contributed by atoms with Crippen molar-refractivity contribution in [2.24, 2.45) is 0 Å². The molecule has 0 unspecified atom stereocenters. The minimum atomic E-state index is -0.00160. The molecule has 3 nitrogen and oxygen atoms in total. The second kappa shape index (κ2) is 7.10. The highest BCUT2D eigenvalue weighted by molar-refractivity contribution is 7.99. The Labute approximate surface area is 123 Å². The summed E-state index contributed by atoms with van der Waals surface area (Å²) in [7, 11) is 0. The van der Waals surface area contributed by atoms with Gasteiger partial charge in [0.25, 0.3) is 0 Å². The van der Waals surface area contributed by atoms with Crippen molar-refractivity contribution in [3.8, 4) is 0 Å². The zero-order chi connectivity index (χ0) is 14.4. The first-order chi connectivity index (χ1) is 9.69. The Hall–Kier alpha value is -1.81. The van der Waals surface area contributed by atoms with Crippen LogP contribution in [-0.2, 0) is 11.2 Å². The summed E-state index contributed by atoms with van der Waals surface area (Å²) < 4.78 is 0. The number of aromatic nitrogens is 1. The number of thioether (sulfide) groups is 1. The van der Waals surface area contributed by atoms with Crippen molar-refractivity contribution < 1.29 is 4.79 Å². The highest BCUT2D eigenvalue weighted by Gasteiger charge is 2.06. The molecule has 0 spiro atoms. The van der Waals surface area contributed by atoms with Crippen LogP contribution >= 0.6 is 11.8 Å². The second-order valence-corrected chi connectivity index (χ2v) is 5.52. The normalized spacial score (nSPS) is 10.3. The summed E-state index contributed by atoms with van der Waals surface area (Å²) in [6, 6.07) is 11.8. The van der Waals surface area contributed by atoms with E-state index in [-0.39, 0.29) is 5.91 Å². The topological polar surface area (TPSA) is 42.0 Å². The Morgan fingerprint density at radius 2 is 2.05 bits per heavy atom. The van der Waals surface area contributed by atoms with Crippen LogP contribution < -0.4 is 5.32 Å². The van der Waals surface area contributed by atoms with E-state index in [2.05, 4.69) is 17.2 Å². The molecular formula is C16H18N2OS. The van der Waals surface area contributed by atoms with Crippen molar-refractivity contribution in [3.05, 3.63) is 53.7 Å². The molecule has 0 saturated heterocycles. The van der Waals surface area contributed by atoms with Gasteiger partial charge in [-0.1, -0.05) is 43.0 Å². The summed E-state index contributed by atoms with van der Waals surface area (Å²) in [5.74, 6) is 0.368. The fourth-order valence-corrected chi connectivity index (χ4v) is 2.46. The molecule has 1 amide bonds. The highest BCUT2D eigenvalue weighted by atomic mass is 32.2. The molecule has 4 heteroatoms. The fourth-order valence-electron chi connectivity index (χ4n) is 1.82. The molecule has 0 aliphatic carbocycles. The van der Waals surface area contributed by atoms with Crippen molar-refractivity contribution in [2.45, 2.75) is 25.3 Å². The van der Waals surface area contributed by atoms with E-state index in [1.807, 2.05) is 49.5 Å². The number of rotatable bonds is 5. The monoisotopic (exact) mass is 286 g/mol. The van der Waals surface area contributed by atoms with E-state index in [9.17, 15) is 4.79 Å². The largest absolute Gasteiger partial charge is 0.325 e. The number of carbonyl (C=O) groups excluding carboxylic acids is 1. The maximum Gasteiger partial charge on any atom is 0.234 e. The number of hydrogen-bond donors (Lipinski definition) is 1. The molecule has 2 rings (SSSR count). The van der Waals surface area contributed by atoms with Gasteiger partial charge in [0.15, 0.2) is 0 Å². The van der Waals surface area contributed by atoms with Gasteiger partial charge >= 0.3 is 0 Å². The maximum atomic E-state index is 12.0. The Morgan fingerprint density at radius 3 is 2.75 bits per heavy atom. The predicted molar refractivity (Wildman–Crippen MR) is 84.1 cm³/mol. The lowest BCUT2D eigenvalue weighted by molar-refractivity contribution is -0.113. The number of hydrogen-bond acceptors (Lipinski definition) is 3. The number of para-hydroxylation sites is 1. The van der Waals surface area contributed by atoms with Gasteiger partial charge < -0.3 is 5.32 Å². The SMILES string of the molecule is CCc1ccccc1NC(=O)CSc1ccc(C)cn1. The average molecular weight is 286 g/mol. The molecule has 0 aliphatic rings. The summed E-state index contributed by atoms with van der Waals surface area (Å²) in [6.07, 6.45) is 2.72. The number of pyridine rings is 1. The van der Waals surface area contributed by atoms with Crippen molar-refractivity contribution in [1.82, 2.24) is 4.98 Å². The van der Waals surface area contributed by atoms with Crippen LogP contribution in [0.25, 0.3) is 0 Å². The molecule has 1 N–H and O–H groups in total. The Bertz CT molecular complexity index is 581. The van der Waals surface area contributed by atoms with Gasteiger partial charge in [-0.05, 0) is 36.6 Å². The van der Waals surface area contributed by atoms with Gasteiger partial charge in [0, 0.05) is 11.9 Å². The van der Waals surface area contributed by atoms with Crippen LogP contribution in [0.4, 0.5) is 5.69 Å². The van der Waals surface area contributed by atoms with Crippen LogP contribution in [0.2, 0.25) is 0 Å². The maximum absolute atomic E-state index is 12.0. The van der Waals surface area contributed by atoms with Crippen molar-refractivity contribution in [2.75, 3.05) is 11.1 Å². The Kier molecular flexibility index (Phi) is 5.18. The number of nitrogens with zero attached hydrogens (tertiary/aromatic N) is 1. The molecule has 0 atom stereocenters. The van der Waals surface area contributed by atoms with E-state index in [1.54, 1.807) is 0 Å². The average Bonchev–Trinajstić information content (AvgIpc) is 2.47. The minimum absolute atomic E-state index is 0.00160. The fraction of sp³-hybridized carbons (Fsp3) is 0.250. The van der Waals surface area contributed by atoms with Gasteiger partial charge in [-0.3, -0.25) is 4.79 Å². The quantitative estimate of drug-likeness (QED) is 0.852. The van der Waals surface area contributed by atoms with Crippen molar-refractivity contribution in [3.63, 3.8) is 0 Å². The lowest BCUT2D eigenvalue weighted by Crippen LogP contribution is -2.15. The molecule has 0 radical (unpaired) electrons. The summed E-state index contributed by atoms with van der Waals surface area (Å²) in [5, 5.41) is 3.83. The lowest BCUT2D eigenvalue weighted by atomic mass is 10.1. The zero-order valence-corrected chi connectivity index (χ0v) is 12.5. The molecule has 104 valence electrons. The molecule has 0 fully saturated rings. The Balaban J connectivity index is 1.91. The summed E-state index contributed by atoms with van der Waals surface area (Å²) in [4.78, 5) is 16.2. The van der Waals surface area contributed by atoms with Gasteiger partial charge in [-0.25, -0.2) is 4.98 Å². The number of benzene rings is 1. The molecule has 0 aliphatic heterocycles. The van der Waals surface area contributed by atoms with Gasteiger partial charge in [0.2, 0.25) is 5.91 Å². The van der Waals surface area contributed by atoms with Crippen molar-refractivity contribution in [1.29, 1.82) is 0 Å². The number of amides is 1. The van der Waals surface area contributed by atoms with Crippen LogP contribution in [0.1, 0.15) is 18.1 Å². The molecule has 1 heterocycles. The molecular weight excluding hydrogens is 268 g/mol. The Morgan fingerprint density at radius 1 is 1.25 bits per heavy atom. The molecule has 2 aromatic rings. The smallest absolute Gasteiger partial charge is 0.234 e. The standard InChI is InChI=1S/C16H18N2OS/c1-3-13-6-4-5-7-14(13)18-15(19)11-20-16-9-8-12(2)10-17-16/h4-10H,3,11H2,1-2H3,(H,18,19). The van der Waals surface area contributed by atoms with Crippen LogP contribution in [0.3, 0.4) is 0 Å². The van der Waals surface area contributed by atoms with E-state index >= 15 is 0 Å². The van der Waals surface area contributed by atoms with Crippen molar-refractivity contribution >= 4 is 23.4 Å². The van der Waals surface area contributed by atoms with E-state index in [4.69, 9.17) is 0 Å². The highest BCUT2D eigenvalue weighted by Crippen LogP contribution is 2.18. The molecule has 1 aromatic carbocycles. The molecule has 1 aromatic heterocycles. The van der Waals surface area contributed by atoms with E-state index in [0.717, 1.165) is 28.3 Å². The zero-order valence-electron chi connectivity index (χ0n) is 11.7. The summed E-state index contributed by atoms with van der Waals surface area (Å²) >= 11 is 1.45. The predicted octanol–water partition coefficient (Wildman–Crippen LogP) is 3.68. The third-order valence-corrected chi connectivity index (χ3v) is 3.85. The van der Waals surface area contributed by atoms with E-state index in [1.165, 1.54) is 11.8 Å². The van der Waals surface area contributed by atoms with Crippen LogP contribution in [0, 0.1) is 6.92 Å². The first-order valence-corrected chi connectivity index (χ1v) is 7.61. The number of carbonyl (C=O) groups is 1. The minimum Gasteiger partial charge on any atom is -0.325 e. The van der Waals surface area contributed by atoms with E-state index in [0.29, 0.717) is 5.75 Å². The summed E-state index contributed by atoms with van der Waals surface area (Å²) in [6.45, 7) is 4.08. The van der Waals surface area contributed by atoms with Gasteiger partial charge in [-0.15, -0.1) is 0 Å². The number of anilines is 1. The first kappa shape index (κ1) is 14.6. The molecule has 0 saturated carbocycles. The second-order valence-electron chi connectivity index (χ2n) is 4.52. The van der Waals surface area contributed by atoms with Gasteiger partial charge in [0.05, 0.1) is 10.8 Å². The van der Waals surface area contributed by atoms with E-state index < -0.39 is 0 Å². The van der Waals surface area contributed by atoms with Crippen LogP contribution in [-0.4, -0.2) is 16.6 Å². The first-order valence-electron chi connectivity index (χ1n) is 6.62. The van der Waals surface area contributed by atoms with Crippen LogP contribution in [0.15, 0.2) is 47.6 Å². The van der Waals surface area contributed by atoms with Gasteiger partial charge in [0.1, 0.15) is 0 Å². The third kappa shape index (κ3) is 4.10. The number of aryl methyl sites for hydroxylation is 2. The molecule has 0 bridgehead atoms. The van der Waals surface area contributed by atoms with Crippen LogP contribution in [0.5, 0.6) is 0 Å². The molecule has 20 heavy (non-hydrogen) atoms. The van der Waals surface area contributed by atoms with Gasteiger partial charge in [-0.2, -0.15) is 0 Å². The lowest BCUT2D eigenvalue weighted by Gasteiger charge is -2.09. The summed E-state index contributed by atoms with van der Waals surface area (Å²) in [5.41, 5.74) is 3.17.